The van der Waals surface area contributed by atoms with Crippen molar-refractivity contribution < 1.29 is 14.6 Å². The Morgan fingerprint density at radius 3 is 2.48 bits per heavy atom. The van der Waals surface area contributed by atoms with Crippen molar-refractivity contribution in [2.45, 2.75) is 19.5 Å². The van der Waals surface area contributed by atoms with Gasteiger partial charge in [0.15, 0.2) is 0 Å². The Bertz CT molecular complexity index is 888. The predicted molar refractivity (Wildman–Crippen MR) is 113 cm³/mol. The zero-order chi connectivity index (χ0) is 21.0. The number of piperazine rings is 1. The minimum atomic E-state index is -0.387. The van der Waals surface area contributed by atoms with Crippen molar-refractivity contribution in [1.82, 2.24) is 14.4 Å². The van der Waals surface area contributed by atoms with E-state index < -0.39 is 0 Å². The van der Waals surface area contributed by atoms with Crippen molar-refractivity contribution >= 4 is 0 Å². The van der Waals surface area contributed by atoms with Crippen molar-refractivity contribution in [2.75, 3.05) is 54.1 Å². The van der Waals surface area contributed by atoms with Gasteiger partial charge in [-0.2, -0.15) is 0 Å². The number of benzene rings is 1. The number of aromatic hydroxyl groups is 1. The molecule has 29 heavy (non-hydrogen) atoms. The molecule has 0 radical (unpaired) electrons. The number of likely N-dealkylation sites (N-methyl/N-ethyl adjacent to an activating group) is 1. The van der Waals surface area contributed by atoms with E-state index in [1.54, 1.807) is 24.9 Å². The van der Waals surface area contributed by atoms with E-state index in [0.29, 0.717) is 30.2 Å². The van der Waals surface area contributed by atoms with Crippen LogP contribution in [0.3, 0.4) is 0 Å². The van der Waals surface area contributed by atoms with Gasteiger partial charge in [0, 0.05) is 51.1 Å². The number of hydrogen-bond donors (Lipinski definition) is 1. The maximum Gasteiger partial charge on any atom is 0.259 e. The largest absolute Gasteiger partial charge is 0.507 e. The Kier molecular flexibility index (Phi) is 6.95. The van der Waals surface area contributed by atoms with E-state index in [2.05, 4.69) is 16.8 Å². The summed E-state index contributed by atoms with van der Waals surface area (Å²) >= 11 is 0. The van der Waals surface area contributed by atoms with Crippen molar-refractivity contribution in [3.05, 3.63) is 57.5 Å². The van der Waals surface area contributed by atoms with E-state index in [1.165, 1.54) is 0 Å². The predicted octanol–water partition coefficient (Wildman–Crippen LogP) is 1.85. The van der Waals surface area contributed by atoms with Crippen molar-refractivity contribution in [2.24, 2.45) is 0 Å². The SMILES string of the molecule is COCCn1c(C)cc(O)c(C(c2ccccc2OC)N2CCN(C)CC2)c1=O. The fourth-order valence-electron chi connectivity index (χ4n) is 3.99. The van der Waals surface area contributed by atoms with Crippen LogP contribution in [0.2, 0.25) is 0 Å². The average Bonchev–Trinajstić information content (AvgIpc) is 2.72. The standard InChI is InChI=1S/C22H31N3O4/c1-16-15-18(26)20(22(27)25(16)13-14-28-3)21(24-11-9-23(2)10-12-24)17-7-5-6-8-19(17)29-4/h5-8,15,21,26H,9-14H2,1-4H3. The Balaban J connectivity index is 2.17. The van der Waals surface area contributed by atoms with Crippen LogP contribution in [0.25, 0.3) is 0 Å². The molecule has 158 valence electrons. The number of hydrogen-bond acceptors (Lipinski definition) is 6. The highest BCUT2D eigenvalue weighted by molar-refractivity contribution is 5.46. The van der Waals surface area contributed by atoms with Crippen molar-refractivity contribution in [3.8, 4) is 11.5 Å². The quantitative estimate of drug-likeness (QED) is 0.764. The highest BCUT2D eigenvalue weighted by Gasteiger charge is 2.32. The minimum absolute atomic E-state index is 0.0241. The lowest BCUT2D eigenvalue weighted by atomic mass is 9.95. The van der Waals surface area contributed by atoms with Crippen LogP contribution in [-0.2, 0) is 11.3 Å². The van der Waals surface area contributed by atoms with Gasteiger partial charge in [-0.3, -0.25) is 9.69 Å². The summed E-state index contributed by atoms with van der Waals surface area (Å²) in [6, 6.07) is 9.00. The molecular formula is C22H31N3O4. The van der Waals surface area contributed by atoms with Gasteiger partial charge in [-0.05, 0) is 26.1 Å². The summed E-state index contributed by atoms with van der Waals surface area (Å²) < 4.78 is 12.5. The smallest absolute Gasteiger partial charge is 0.259 e. The van der Waals surface area contributed by atoms with Gasteiger partial charge in [-0.1, -0.05) is 18.2 Å². The molecule has 1 unspecified atom stereocenters. The van der Waals surface area contributed by atoms with Crippen LogP contribution in [0.1, 0.15) is 22.9 Å². The number of pyridine rings is 1. The summed E-state index contributed by atoms with van der Waals surface area (Å²) in [7, 11) is 5.34. The Hall–Kier alpha value is -2.35. The van der Waals surface area contributed by atoms with Gasteiger partial charge in [-0.15, -0.1) is 0 Å². The summed E-state index contributed by atoms with van der Waals surface area (Å²) in [5.41, 5.74) is 1.80. The number of rotatable bonds is 7. The molecule has 1 aromatic heterocycles. The molecule has 0 spiro atoms. The number of para-hydroxylation sites is 1. The van der Waals surface area contributed by atoms with Gasteiger partial charge >= 0.3 is 0 Å². The molecule has 1 aliphatic heterocycles. The molecule has 1 atom stereocenters. The molecule has 0 amide bonds. The van der Waals surface area contributed by atoms with Crippen LogP contribution in [0, 0.1) is 6.92 Å². The molecule has 1 N–H and O–H groups in total. The molecule has 1 saturated heterocycles. The van der Waals surface area contributed by atoms with Gasteiger partial charge in [0.05, 0.1) is 25.3 Å². The lowest BCUT2D eigenvalue weighted by Gasteiger charge is -2.38. The van der Waals surface area contributed by atoms with E-state index in [-0.39, 0.29) is 17.4 Å². The van der Waals surface area contributed by atoms with E-state index >= 15 is 0 Å². The van der Waals surface area contributed by atoms with E-state index in [0.717, 1.165) is 31.7 Å². The summed E-state index contributed by atoms with van der Waals surface area (Å²) in [6.45, 7) is 6.09. The summed E-state index contributed by atoms with van der Waals surface area (Å²) in [4.78, 5) is 18.0. The van der Waals surface area contributed by atoms with Crippen LogP contribution in [-0.4, -0.2) is 73.5 Å². The second-order valence-electron chi connectivity index (χ2n) is 7.52. The van der Waals surface area contributed by atoms with Gasteiger partial charge in [-0.25, -0.2) is 0 Å². The van der Waals surface area contributed by atoms with Crippen LogP contribution in [0.4, 0.5) is 0 Å². The first-order chi connectivity index (χ1) is 14.0. The molecule has 2 heterocycles. The van der Waals surface area contributed by atoms with Gasteiger partial charge in [0.2, 0.25) is 0 Å². The molecule has 7 heteroatoms. The second kappa shape index (κ2) is 9.43. The third kappa shape index (κ3) is 4.47. The monoisotopic (exact) mass is 401 g/mol. The normalized spacial score (nSPS) is 16.7. The maximum atomic E-state index is 13.5. The zero-order valence-corrected chi connectivity index (χ0v) is 17.7. The topological polar surface area (TPSA) is 67.2 Å². The maximum absolute atomic E-state index is 13.5. The van der Waals surface area contributed by atoms with Crippen molar-refractivity contribution in [3.63, 3.8) is 0 Å². The van der Waals surface area contributed by atoms with E-state index in [4.69, 9.17) is 9.47 Å². The van der Waals surface area contributed by atoms with Gasteiger partial charge in [0.25, 0.3) is 5.56 Å². The number of ether oxygens (including phenoxy) is 2. The Morgan fingerprint density at radius 2 is 1.83 bits per heavy atom. The van der Waals surface area contributed by atoms with Crippen LogP contribution in [0.15, 0.2) is 35.1 Å². The molecule has 3 rings (SSSR count). The zero-order valence-electron chi connectivity index (χ0n) is 17.7. The number of aryl methyl sites for hydroxylation is 1. The second-order valence-corrected chi connectivity index (χ2v) is 7.52. The lowest BCUT2D eigenvalue weighted by Crippen LogP contribution is -2.47. The van der Waals surface area contributed by atoms with E-state index in [9.17, 15) is 9.90 Å². The molecule has 0 saturated carbocycles. The van der Waals surface area contributed by atoms with Crippen LogP contribution in [0.5, 0.6) is 11.5 Å². The van der Waals surface area contributed by atoms with Gasteiger partial charge in [0.1, 0.15) is 11.5 Å². The molecule has 2 aromatic rings. The van der Waals surface area contributed by atoms with Crippen LogP contribution >= 0.6 is 0 Å². The molecule has 1 aliphatic rings. The Morgan fingerprint density at radius 1 is 1.14 bits per heavy atom. The Labute approximate surface area is 172 Å². The highest BCUT2D eigenvalue weighted by Crippen LogP contribution is 2.37. The fraction of sp³-hybridized carbons (Fsp3) is 0.500. The summed E-state index contributed by atoms with van der Waals surface area (Å²) in [5.74, 6) is 0.732. The molecule has 1 fully saturated rings. The van der Waals surface area contributed by atoms with Crippen molar-refractivity contribution in [1.29, 1.82) is 0 Å². The summed E-state index contributed by atoms with van der Waals surface area (Å²) in [5, 5.41) is 10.9. The summed E-state index contributed by atoms with van der Waals surface area (Å²) in [6.07, 6.45) is 0. The third-order valence-electron chi connectivity index (χ3n) is 5.65. The third-order valence-corrected chi connectivity index (χ3v) is 5.65. The molecule has 0 aliphatic carbocycles. The molecule has 7 nitrogen and oxygen atoms in total. The number of aromatic nitrogens is 1. The number of nitrogens with zero attached hydrogens (tertiary/aromatic N) is 3. The molecule has 1 aromatic carbocycles. The first-order valence-corrected chi connectivity index (χ1v) is 9.95. The fourth-order valence-corrected chi connectivity index (χ4v) is 3.99. The minimum Gasteiger partial charge on any atom is -0.507 e. The highest BCUT2D eigenvalue weighted by atomic mass is 16.5. The average molecular weight is 402 g/mol. The lowest BCUT2D eigenvalue weighted by molar-refractivity contribution is 0.123. The number of methoxy groups -OCH3 is 2. The van der Waals surface area contributed by atoms with Gasteiger partial charge < -0.3 is 24.0 Å². The first-order valence-electron chi connectivity index (χ1n) is 9.95. The van der Waals surface area contributed by atoms with Crippen LogP contribution < -0.4 is 10.3 Å². The molecular weight excluding hydrogens is 370 g/mol. The van der Waals surface area contributed by atoms with E-state index in [1.807, 2.05) is 31.2 Å². The molecule has 0 bridgehead atoms. The first kappa shape index (κ1) is 21.4.